The molecule has 3 rings (SSSR count). The molecule has 0 aliphatic heterocycles. The lowest BCUT2D eigenvalue weighted by atomic mass is 10.2. The maximum absolute atomic E-state index is 6.38. The Morgan fingerprint density at radius 1 is 0.952 bits per heavy atom. The van der Waals surface area contributed by atoms with Crippen molar-refractivity contribution in [2.45, 2.75) is 6.54 Å². The van der Waals surface area contributed by atoms with Gasteiger partial charge in [0, 0.05) is 15.4 Å². The van der Waals surface area contributed by atoms with E-state index in [1.807, 2.05) is 36.4 Å². The van der Waals surface area contributed by atoms with Crippen LogP contribution in [-0.4, -0.2) is 4.98 Å². The molecule has 0 fully saturated rings. The van der Waals surface area contributed by atoms with Crippen LogP contribution >= 0.6 is 50.7 Å². The van der Waals surface area contributed by atoms with Crippen LogP contribution in [0.4, 0.5) is 5.69 Å². The van der Waals surface area contributed by atoms with E-state index >= 15 is 0 Å². The average molecular weight is 405 g/mol. The number of rotatable bonds is 3. The van der Waals surface area contributed by atoms with Crippen molar-refractivity contribution in [3.8, 4) is 0 Å². The molecule has 1 aromatic heterocycles. The number of aromatic amines is 1. The highest BCUT2D eigenvalue weighted by Gasteiger charge is 2.11. The van der Waals surface area contributed by atoms with Gasteiger partial charge in [-0.2, -0.15) is 0 Å². The number of halogens is 4. The molecule has 2 aromatic carbocycles. The highest BCUT2D eigenvalue weighted by molar-refractivity contribution is 9.10. The molecule has 3 aromatic rings. The van der Waals surface area contributed by atoms with Crippen LogP contribution in [0.25, 0.3) is 10.9 Å². The van der Waals surface area contributed by atoms with Gasteiger partial charge in [0.1, 0.15) is 0 Å². The standard InChI is InChI=1S/C15H10BrCl3N2/c16-9-5-6-11(15(19)14(9)18)20-7-12-13(17)8-3-1-2-4-10(8)21-12/h1-6,20-21H,7H2. The van der Waals surface area contributed by atoms with Gasteiger partial charge in [-0.1, -0.05) is 53.0 Å². The molecule has 2 nitrogen and oxygen atoms in total. The van der Waals surface area contributed by atoms with Crippen LogP contribution in [-0.2, 0) is 6.54 Å². The second-order valence-corrected chi connectivity index (χ2v) is 6.53. The average Bonchev–Trinajstić information content (AvgIpc) is 2.81. The van der Waals surface area contributed by atoms with E-state index in [-0.39, 0.29) is 0 Å². The van der Waals surface area contributed by atoms with E-state index in [4.69, 9.17) is 34.8 Å². The molecule has 0 saturated heterocycles. The van der Waals surface area contributed by atoms with Crippen LogP contribution in [0.5, 0.6) is 0 Å². The SMILES string of the molecule is Clc1c(Br)ccc(NCc2[nH]c3ccccc3c2Cl)c1Cl. The molecule has 0 aliphatic carbocycles. The third-order valence-corrected chi connectivity index (χ3v) is 5.41. The first-order valence-electron chi connectivity index (χ1n) is 6.20. The van der Waals surface area contributed by atoms with E-state index in [0.717, 1.165) is 31.8 Å². The van der Waals surface area contributed by atoms with Gasteiger partial charge < -0.3 is 10.3 Å². The predicted molar refractivity (Wildman–Crippen MR) is 94.8 cm³/mol. The summed E-state index contributed by atoms with van der Waals surface area (Å²) in [6, 6.07) is 11.6. The summed E-state index contributed by atoms with van der Waals surface area (Å²) in [6.45, 7) is 0.533. The maximum Gasteiger partial charge on any atom is 0.0835 e. The third-order valence-electron chi connectivity index (χ3n) is 3.20. The number of hydrogen-bond donors (Lipinski definition) is 2. The summed E-state index contributed by atoms with van der Waals surface area (Å²) in [6.07, 6.45) is 0. The molecule has 108 valence electrons. The summed E-state index contributed by atoms with van der Waals surface area (Å²) in [5.41, 5.74) is 2.69. The van der Waals surface area contributed by atoms with Crippen LogP contribution < -0.4 is 5.32 Å². The molecule has 0 unspecified atom stereocenters. The first-order chi connectivity index (χ1) is 10.1. The summed E-state index contributed by atoms with van der Waals surface area (Å²) in [7, 11) is 0. The van der Waals surface area contributed by atoms with Gasteiger partial charge in [0.25, 0.3) is 0 Å². The molecule has 0 saturated carbocycles. The minimum atomic E-state index is 0.485. The third kappa shape index (κ3) is 2.88. The van der Waals surface area contributed by atoms with Crippen molar-refractivity contribution < 1.29 is 0 Å². The van der Waals surface area contributed by atoms with Gasteiger partial charge in [-0.25, -0.2) is 0 Å². The second kappa shape index (κ2) is 6.09. The Morgan fingerprint density at radius 2 is 1.71 bits per heavy atom. The summed E-state index contributed by atoms with van der Waals surface area (Å²) in [5, 5.41) is 5.95. The largest absolute Gasteiger partial charge is 0.378 e. The number of aromatic nitrogens is 1. The van der Waals surface area contributed by atoms with Crippen LogP contribution in [0, 0.1) is 0 Å². The Kier molecular flexibility index (Phi) is 4.36. The Labute approximate surface area is 145 Å². The predicted octanol–water partition coefficient (Wildman–Crippen LogP) is 6.50. The van der Waals surface area contributed by atoms with Crippen LogP contribution in [0.15, 0.2) is 40.9 Å². The summed E-state index contributed by atoms with van der Waals surface area (Å²) in [4.78, 5) is 3.30. The molecule has 0 radical (unpaired) electrons. The quantitative estimate of drug-likeness (QED) is 0.479. The lowest BCUT2D eigenvalue weighted by Crippen LogP contribution is -2.01. The van der Waals surface area contributed by atoms with E-state index in [0.29, 0.717) is 16.6 Å². The molecule has 21 heavy (non-hydrogen) atoms. The molecule has 2 N–H and O–H groups in total. The Balaban J connectivity index is 1.87. The fraction of sp³-hybridized carbons (Fsp3) is 0.0667. The van der Waals surface area contributed by atoms with Gasteiger partial charge in [-0.15, -0.1) is 0 Å². The van der Waals surface area contributed by atoms with E-state index in [1.165, 1.54) is 0 Å². The van der Waals surface area contributed by atoms with E-state index < -0.39 is 0 Å². The minimum Gasteiger partial charge on any atom is -0.378 e. The molecular weight excluding hydrogens is 394 g/mol. The Hall–Kier alpha value is -0.870. The van der Waals surface area contributed by atoms with Crippen molar-refractivity contribution in [2.75, 3.05) is 5.32 Å². The maximum atomic E-state index is 6.38. The zero-order chi connectivity index (χ0) is 15.0. The van der Waals surface area contributed by atoms with Gasteiger partial charge in [0.15, 0.2) is 0 Å². The number of fused-ring (bicyclic) bond motifs is 1. The normalized spacial score (nSPS) is 11.0. The first-order valence-corrected chi connectivity index (χ1v) is 8.13. The molecule has 0 spiro atoms. The molecule has 1 heterocycles. The zero-order valence-electron chi connectivity index (χ0n) is 10.7. The lowest BCUT2D eigenvalue weighted by Gasteiger charge is -2.10. The topological polar surface area (TPSA) is 27.8 Å². The minimum absolute atomic E-state index is 0.485. The molecule has 6 heteroatoms. The lowest BCUT2D eigenvalue weighted by molar-refractivity contribution is 1.09. The highest BCUT2D eigenvalue weighted by Crippen LogP contribution is 2.36. The fourth-order valence-corrected chi connectivity index (χ4v) is 3.25. The van der Waals surface area contributed by atoms with E-state index in [2.05, 4.69) is 26.2 Å². The molecule has 0 aliphatic rings. The van der Waals surface area contributed by atoms with Gasteiger partial charge in [-0.05, 0) is 34.1 Å². The van der Waals surface area contributed by atoms with E-state index in [9.17, 15) is 0 Å². The van der Waals surface area contributed by atoms with E-state index in [1.54, 1.807) is 0 Å². The van der Waals surface area contributed by atoms with Gasteiger partial charge in [0.2, 0.25) is 0 Å². The number of para-hydroxylation sites is 1. The number of hydrogen-bond acceptors (Lipinski definition) is 1. The Morgan fingerprint density at radius 3 is 2.48 bits per heavy atom. The van der Waals surface area contributed by atoms with Crippen molar-refractivity contribution in [3.05, 3.63) is 61.6 Å². The van der Waals surface area contributed by atoms with Crippen LogP contribution in [0.3, 0.4) is 0 Å². The number of benzene rings is 2. The first kappa shape index (κ1) is 15.0. The van der Waals surface area contributed by atoms with Crippen molar-refractivity contribution in [3.63, 3.8) is 0 Å². The molecule has 0 atom stereocenters. The highest BCUT2D eigenvalue weighted by atomic mass is 79.9. The summed E-state index contributed by atoms with van der Waals surface area (Å²) >= 11 is 22.0. The zero-order valence-corrected chi connectivity index (χ0v) is 14.5. The smallest absolute Gasteiger partial charge is 0.0835 e. The monoisotopic (exact) mass is 402 g/mol. The number of anilines is 1. The van der Waals surface area contributed by atoms with Crippen molar-refractivity contribution in [2.24, 2.45) is 0 Å². The molecular formula is C15H10BrCl3N2. The van der Waals surface area contributed by atoms with Crippen LogP contribution in [0.2, 0.25) is 15.1 Å². The fourth-order valence-electron chi connectivity index (χ4n) is 2.13. The van der Waals surface area contributed by atoms with Gasteiger partial charge >= 0.3 is 0 Å². The summed E-state index contributed by atoms with van der Waals surface area (Å²) < 4.78 is 0.767. The van der Waals surface area contributed by atoms with Gasteiger partial charge in [-0.3, -0.25) is 0 Å². The van der Waals surface area contributed by atoms with Crippen molar-refractivity contribution >= 4 is 67.3 Å². The summed E-state index contributed by atoms with van der Waals surface area (Å²) in [5.74, 6) is 0. The molecule has 0 amide bonds. The number of H-pyrrole nitrogens is 1. The Bertz CT molecular complexity index is 814. The second-order valence-electron chi connectivity index (χ2n) is 4.54. The number of nitrogens with one attached hydrogen (secondary N) is 2. The van der Waals surface area contributed by atoms with Gasteiger partial charge in [0.05, 0.1) is 33.0 Å². The van der Waals surface area contributed by atoms with Crippen molar-refractivity contribution in [1.29, 1.82) is 0 Å². The van der Waals surface area contributed by atoms with Crippen LogP contribution in [0.1, 0.15) is 5.69 Å². The molecule has 0 bridgehead atoms. The van der Waals surface area contributed by atoms with Crippen molar-refractivity contribution in [1.82, 2.24) is 4.98 Å².